The highest BCUT2D eigenvalue weighted by Crippen LogP contribution is 2.33. The van der Waals surface area contributed by atoms with Gasteiger partial charge < -0.3 is 9.47 Å². The van der Waals surface area contributed by atoms with Crippen molar-refractivity contribution in [3.8, 4) is 0 Å². The monoisotopic (exact) mass is 319 g/mol. The molecule has 23 heavy (non-hydrogen) atoms. The summed E-state index contributed by atoms with van der Waals surface area (Å²) < 4.78 is 25.0. The number of halogens is 1. The van der Waals surface area contributed by atoms with Crippen LogP contribution in [0.25, 0.3) is 10.9 Å². The van der Waals surface area contributed by atoms with E-state index in [1.807, 2.05) is 20.8 Å². The first-order chi connectivity index (χ1) is 10.7. The maximum Gasteiger partial charge on any atom is 0.339 e. The van der Waals surface area contributed by atoms with Crippen molar-refractivity contribution >= 4 is 16.9 Å². The molecule has 2 aromatic rings. The van der Waals surface area contributed by atoms with E-state index in [-0.39, 0.29) is 5.82 Å². The first-order valence-corrected chi connectivity index (χ1v) is 7.46. The largest absolute Gasteiger partial charge is 0.467 e. The highest BCUT2D eigenvalue weighted by atomic mass is 19.1. The second kappa shape index (κ2) is 6.24. The summed E-state index contributed by atoms with van der Waals surface area (Å²) in [7, 11) is 1.31. The van der Waals surface area contributed by atoms with Gasteiger partial charge in [-0.15, -0.1) is 0 Å². The second-order valence-corrected chi connectivity index (χ2v) is 6.50. The van der Waals surface area contributed by atoms with Crippen molar-refractivity contribution in [1.82, 2.24) is 4.98 Å². The summed E-state index contributed by atoms with van der Waals surface area (Å²) >= 11 is 0. The number of hydrogen-bond acceptors (Lipinski definition) is 4. The Bertz CT molecular complexity index is 750. The smallest absolute Gasteiger partial charge is 0.339 e. The summed E-state index contributed by atoms with van der Waals surface area (Å²) in [6, 6.07) is 4.75. The van der Waals surface area contributed by atoms with Gasteiger partial charge in [0.15, 0.2) is 6.10 Å². The van der Waals surface area contributed by atoms with Gasteiger partial charge in [0.25, 0.3) is 0 Å². The minimum Gasteiger partial charge on any atom is -0.467 e. The van der Waals surface area contributed by atoms with E-state index >= 15 is 0 Å². The molecule has 124 valence electrons. The maximum absolute atomic E-state index is 14.2. The first kappa shape index (κ1) is 17.3. The fourth-order valence-corrected chi connectivity index (χ4v) is 2.70. The van der Waals surface area contributed by atoms with Crippen LogP contribution >= 0.6 is 0 Å². The summed E-state index contributed by atoms with van der Waals surface area (Å²) in [4.78, 5) is 16.7. The SMILES string of the molecule is COC(=O)C(OC(C)(C)C)c1c(C)nc2cccc(F)c2c1C. The van der Waals surface area contributed by atoms with Gasteiger partial charge in [-0.1, -0.05) is 6.07 Å². The molecule has 0 fully saturated rings. The second-order valence-electron chi connectivity index (χ2n) is 6.50. The van der Waals surface area contributed by atoms with Gasteiger partial charge >= 0.3 is 5.97 Å². The molecule has 0 amide bonds. The van der Waals surface area contributed by atoms with Crippen LogP contribution in [0.4, 0.5) is 4.39 Å². The van der Waals surface area contributed by atoms with Crippen molar-refractivity contribution in [2.75, 3.05) is 7.11 Å². The summed E-state index contributed by atoms with van der Waals surface area (Å²) in [5.74, 6) is -0.892. The third-order valence-corrected chi connectivity index (χ3v) is 3.60. The van der Waals surface area contributed by atoms with Gasteiger partial charge in [0, 0.05) is 16.6 Å². The van der Waals surface area contributed by atoms with E-state index < -0.39 is 17.7 Å². The Kier molecular flexibility index (Phi) is 4.71. The van der Waals surface area contributed by atoms with Crippen molar-refractivity contribution in [3.63, 3.8) is 0 Å². The number of nitrogens with zero attached hydrogens (tertiary/aromatic N) is 1. The number of fused-ring (bicyclic) bond motifs is 1. The maximum atomic E-state index is 14.2. The Morgan fingerprint density at radius 3 is 2.48 bits per heavy atom. The Labute approximate surface area is 135 Å². The van der Waals surface area contributed by atoms with Crippen LogP contribution in [0.2, 0.25) is 0 Å². The molecule has 2 rings (SSSR count). The minimum atomic E-state index is -0.948. The molecule has 1 aromatic carbocycles. The molecule has 1 unspecified atom stereocenters. The van der Waals surface area contributed by atoms with Crippen molar-refractivity contribution < 1.29 is 18.7 Å². The molecule has 5 heteroatoms. The summed E-state index contributed by atoms with van der Waals surface area (Å²) in [5.41, 5.74) is 1.82. The highest BCUT2D eigenvalue weighted by molar-refractivity contribution is 5.87. The number of ether oxygens (including phenoxy) is 2. The Morgan fingerprint density at radius 1 is 1.26 bits per heavy atom. The van der Waals surface area contributed by atoms with Gasteiger partial charge in [0.05, 0.1) is 18.2 Å². The average Bonchev–Trinajstić information content (AvgIpc) is 2.43. The molecule has 0 aliphatic heterocycles. The molecule has 0 spiro atoms. The number of aryl methyl sites for hydroxylation is 2. The molecule has 1 atom stereocenters. The molecule has 4 nitrogen and oxygen atoms in total. The Morgan fingerprint density at radius 2 is 1.91 bits per heavy atom. The molecular formula is C18H22FNO3. The number of aromatic nitrogens is 1. The third kappa shape index (κ3) is 3.50. The molecular weight excluding hydrogens is 297 g/mol. The van der Waals surface area contributed by atoms with Gasteiger partial charge in [0.2, 0.25) is 0 Å². The third-order valence-electron chi connectivity index (χ3n) is 3.60. The van der Waals surface area contributed by atoms with Crippen LogP contribution in [0.5, 0.6) is 0 Å². The predicted octanol–water partition coefficient (Wildman–Crippen LogP) is 4.02. The topological polar surface area (TPSA) is 48.4 Å². The number of rotatable bonds is 3. The lowest BCUT2D eigenvalue weighted by molar-refractivity contribution is -0.164. The van der Waals surface area contributed by atoms with Crippen molar-refractivity contribution in [2.24, 2.45) is 0 Å². The minimum absolute atomic E-state index is 0.367. The van der Waals surface area contributed by atoms with Gasteiger partial charge in [-0.3, -0.25) is 4.98 Å². The lowest BCUT2D eigenvalue weighted by Gasteiger charge is -2.28. The van der Waals surface area contributed by atoms with Gasteiger partial charge in [-0.2, -0.15) is 0 Å². The Balaban J connectivity index is 2.72. The average molecular weight is 319 g/mol. The normalized spacial score (nSPS) is 13.2. The fourth-order valence-electron chi connectivity index (χ4n) is 2.70. The standard InChI is InChI=1S/C18H22FNO3/c1-10-14(16(17(21)22-6)23-18(3,4)5)11(2)20-13-9-7-8-12(19)15(10)13/h7-9,16H,1-6H3. The van der Waals surface area contributed by atoms with Gasteiger partial charge in [-0.05, 0) is 52.3 Å². The van der Waals surface area contributed by atoms with Crippen LogP contribution in [-0.2, 0) is 14.3 Å². The molecule has 1 heterocycles. The predicted molar refractivity (Wildman–Crippen MR) is 86.8 cm³/mol. The number of benzene rings is 1. The summed E-state index contributed by atoms with van der Waals surface area (Å²) in [5, 5.41) is 0.402. The molecule has 0 aliphatic carbocycles. The first-order valence-electron chi connectivity index (χ1n) is 7.46. The number of carbonyl (C=O) groups is 1. The Hall–Kier alpha value is -2.01. The van der Waals surface area contributed by atoms with Crippen molar-refractivity contribution in [3.05, 3.63) is 40.8 Å². The van der Waals surface area contributed by atoms with Crippen LogP contribution in [0.1, 0.15) is 43.7 Å². The van der Waals surface area contributed by atoms with E-state index in [4.69, 9.17) is 9.47 Å². The number of pyridine rings is 1. The zero-order chi connectivity index (χ0) is 17.4. The van der Waals surface area contributed by atoms with E-state index in [0.717, 1.165) is 0 Å². The van der Waals surface area contributed by atoms with Gasteiger partial charge in [0.1, 0.15) is 5.82 Å². The highest BCUT2D eigenvalue weighted by Gasteiger charge is 2.32. The summed E-state index contributed by atoms with van der Waals surface area (Å²) in [6.45, 7) is 9.11. The van der Waals surface area contributed by atoms with Crippen molar-refractivity contribution in [1.29, 1.82) is 0 Å². The van der Waals surface area contributed by atoms with Crippen LogP contribution in [0.15, 0.2) is 18.2 Å². The number of hydrogen-bond donors (Lipinski definition) is 0. The number of carbonyl (C=O) groups excluding carboxylic acids is 1. The zero-order valence-electron chi connectivity index (χ0n) is 14.4. The van der Waals surface area contributed by atoms with E-state index in [1.165, 1.54) is 13.2 Å². The van der Waals surface area contributed by atoms with Crippen LogP contribution in [0, 0.1) is 19.7 Å². The quantitative estimate of drug-likeness (QED) is 0.802. The fraction of sp³-hybridized carbons (Fsp3) is 0.444. The van der Waals surface area contributed by atoms with E-state index in [0.29, 0.717) is 27.7 Å². The van der Waals surface area contributed by atoms with Crippen LogP contribution in [-0.4, -0.2) is 23.7 Å². The molecule has 0 saturated carbocycles. The van der Waals surface area contributed by atoms with Crippen LogP contribution in [0.3, 0.4) is 0 Å². The molecule has 0 aliphatic rings. The molecule has 0 saturated heterocycles. The molecule has 0 radical (unpaired) electrons. The zero-order valence-corrected chi connectivity index (χ0v) is 14.4. The molecule has 0 N–H and O–H groups in total. The van der Waals surface area contributed by atoms with E-state index in [9.17, 15) is 9.18 Å². The van der Waals surface area contributed by atoms with E-state index in [2.05, 4.69) is 4.98 Å². The number of methoxy groups -OCH3 is 1. The lowest BCUT2D eigenvalue weighted by Crippen LogP contribution is -2.29. The molecule has 0 bridgehead atoms. The van der Waals surface area contributed by atoms with Gasteiger partial charge in [-0.25, -0.2) is 9.18 Å². The van der Waals surface area contributed by atoms with Crippen LogP contribution < -0.4 is 0 Å². The van der Waals surface area contributed by atoms with E-state index in [1.54, 1.807) is 26.0 Å². The summed E-state index contributed by atoms with van der Waals surface area (Å²) in [6.07, 6.45) is -0.948. The lowest BCUT2D eigenvalue weighted by atomic mass is 9.96. The molecule has 1 aromatic heterocycles. The van der Waals surface area contributed by atoms with Crippen molar-refractivity contribution in [2.45, 2.75) is 46.3 Å². The number of esters is 1.